The summed E-state index contributed by atoms with van der Waals surface area (Å²) in [6.45, 7) is 1.41. The predicted octanol–water partition coefficient (Wildman–Crippen LogP) is 2.17. The second-order valence-corrected chi connectivity index (χ2v) is 3.62. The van der Waals surface area contributed by atoms with Gasteiger partial charge < -0.3 is 5.32 Å². The third-order valence-corrected chi connectivity index (χ3v) is 2.71. The molecule has 0 aliphatic carbocycles. The van der Waals surface area contributed by atoms with E-state index in [9.17, 15) is 4.39 Å². The minimum absolute atomic E-state index is 0.122. The number of nitrogens with zero attached hydrogens (tertiary/aromatic N) is 1. The quantitative estimate of drug-likeness (QED) is 0.679. The third kappa shape index (κ3) is 1.52. The number of pyridine rings is 1. The van der Waals surface area contributed by atoms with Crippen molar-refractivity contribution < 1.29 is 4.39 Å². The zero-order valence-electron chi connectivity index (χ0n) is 6.70. The van der Waals surface area contributed by atoms with Crippen LogP contribution >= 0.6 is 23.2 Å². The van der Waals surface area contributed by atoms with Crippen LogP contribution in [-0.4, -0.2) is 11.5 Å². The maximum absolute atomic E-state index is 13.2. The molecule has 2 nitrogen and oxygen atoms in total. The van der Waals surface area contributed by atoms with Gasteiger partial charge in [0.15, 0.2) is 11.0 Å². The topological polar surface area (TPSA) is 24.9 Å². The summed E-state index contributed by atoms with van der Waals surface area (Å²) in [7, 11) is 0. The van der Waals surface area contributed by atoms with Crippen molar-refractivity contribution in [2.24, 2.45) is 0 Å². The Balaban J connectivity index is 2.60. The maximum atomic E-state index is 13.2. The van der Waals surface area contributed by atoms with Gasteiger partial charge in [0.25, 0.3) is 0 Å². The van der Waals surface area contributed by atoms with Gasteiger partial charge in [-0.3, -0.25) is 0 Å². The molecule has 0 amide bonds. The van der Waals surface area contributed by atoms with Gasteiger partial charge >= 0.3 is 0 Å². The molecule has 0 saturated carbocycles. The van der Waals surface area contributed by atoms with Crippen LogP contribution in [0.5, 0.6) is 0 Å². The number of hydrogen-bond donors (Lipinski definition) is 1. The van der Waals surface area contributed by atoms with Crippen molar-refractivity contribution >= 4 is 23.2 Å². The van der Waals surface area contributed by atoms with E-state index in [1.807, 2.05) is 0 Å². The van der Waals surface area contributed by atoms with Crippen molar-refractivity contribution in [3.63, 3.8) is 0 Å². The minimum atomic E-state index is -0.607. The molecular formula is C8H7Cl2FN2. The standard InChI is InChI=1S/C8H7Cl2FN2/c9-6-4-1-2-12-3-5(4)13-8(10)7(6)11/h12H,1-3H2. The van der Waals surface area contributed by atoms with Gasteiger partial charge in [-0.2, -0.15) is 0 Å². The van der Waals surface area contributed by atoms with Crippen LogP contribution < -0.4 is 5.32 Å². The van der Waals surface area contributed by atoms with E-state index in [-0.39, 0.29) is 10.2 Å². The summed E-state index contributed by atoms with van der Waals surface area (Å²) < 4.78 is 13.2. The van der Waals surface area contributed by atoms with Gasteiger partial charge in [-0.15, -0.1) is 0 Å². The van der Waals surface area contributed by atoms with Crippen LogP contribution in [0.4, 0.5) is 4.39 Å². The van der Waals surface area contributed by atoms with Crippen LogP contribution in [0, 0.1) is 5.82 Å². The molecule has 2 heterocycles. The van der Waals surface area contributed by atoms with Gasteiger partial charge in [0, 0.05) is 6.54 Å². The van der Waals surface area contributed by atoms with Crippen molar-refractivity contribution in [3.8, 4) is 0 Å². The monoisotopic (exact) mass is 220 g/mol. The highest BCUT2D eigenvalue weighted by molar-refractivity contribution is 6.34. The normalized spacial score (nSPS) is 15.6. The summed E-state index contributed by atoms with van der Waals surface area (Å²) in [5.41, 5.74) is 1.53. The van der Waals surface area contributed by atoms with Crippen molar-refractivity contribution in [3.05, 3.63) is 27.3 Å². The van der Waals surface area contributed by atoms with Gasteiger partial charge in [0.05, 0.1) is 10.7 Å². The van der Waals surface area contributed by atoms with Crippen LogP contribution in [0.15, 0.2) is 0 Å². The first-order chi connectivity index (χ1) is 6.20. The highest BCUT2D eigenvalue weighted by Gasteiger charge is 2.19. The average Bonchev–Trinajstić information content (AvgIpc) is 2.15. The Bertz CT molecular complexity index is 354. The van der Waals surface area contributed by atoms with Crippen LogP contribution in [0.25, 0.3) is 0 Å². The van der Waals surface area contributed by atoms with Crippen LogP contribution in [-0.2, 0) is 13.0 Å². The smallest absolute Gasteiger partial charge is 0.179 e. The van der Waals surface area contributed by atoms with Crippen LogP contribution in [0.1, 0.15) is 11.3 Å². The van der Waals surface area contributed by atoms with Crippen molar-refractivity contribution in [1.29, 1.82) is 0 Å². The van der Waals surface area contributed by atoms with Gasteiger partial charge in [-0.05, 0) is 18.5 Å². The number of aromatic nitrogens is 1. The van der Waals surface area contributed by atoms with E-state index >= 15 is 0 Å². The second-order valence-electron chi connectivity index (χ2n) is 2.88. The number of nitrogens with one attached hydrogen (secondary N) is 1. The predicted molar refractivity (Wildman–Crippen MR) is 49.6 cm³/mol. The molecule has 5 heteroatoms. The molecule has 0 fully saturated rings. The molecular weight excluding hydrogens is 214 g/mol. The molecule has 0 atom stereocenters. The SMILES string of the molecule is Fc1c(Cl)nc2c(c1Cl)CCNC2. The van der Waals surface area contributed by atoms with E-state index in [2.05, 4.69) is 10.3 Å². The summed E-state index contributed by atoms with van der Waals surface area (Å²) in [5.74, 6) is -0.607. The first-order valence-corrected chi connectivity index (χ1v) is 4.68. The third-order valence-electron chi connectivity index (χ3n) is 2.06. The largest absolute Gasteiger partial charge is 0.311 e. The first kappa shape index (κ1) is 9.19. The molecule has 1 aromatic heterocycles. The molecule has 70 valence electrons. The Morgan fingerprint density at radius 2 is 2.15 bits per heavy atom. The Hall–Kier alpha value is -0.380. The summed E-state index contributed by atoms with van der Waals surface area (Å²) in [5, 5.41) is 3.09. The maximum Gasteiger partial charge on any atom is 0.179 e. The average molecular weight is 221 g/mol. The van der Waals surface area contributed by atoms with Crippen LogP contribution in [0.2, 0.25) is 10.2 Å². The molecule has 1 N–H and O–H groups in total. The van der Waals surface area contributed by atoms with E-state index in [0.29, 0.717) is 13.0 Å². The first-order valence-electron chi connectivity index (χ1n) is 3.93. The summed E-state index contributed by atoms with van der Waals surface area (Å²) >= 11 is 11.3. The number of halogens is 3. The Morgan fingerprint density at radius 1 is 1.38 bits per heavy atom. The molecule has 0 aromatic carbocycles. The number of hydrogen-bond acceptors (Lipinski definition) is 2. The van der Waals surface area contributed by atoms with E-state index in [0.717, 1.165) is 17.8 Å². The Morgan fingerprint density at radius 3 is 2.92 bits per heavy atom. The van der Waals surface area contributed by atoms with Gasteiger partial charge in [0.1, 0.15) is 0 Å². The Labute approximate surface area is 85.1 Å². The lowest BCUT2D eigenvalue weighted by atomic mass is 10.1. The highest BCUT2D eigenvalue weighted by atomic mass is 35.5. The van der Waals surface area contributed by atoms with Crippen LogP contribution in [0.3, 0.4) is 0 Å². The zero-order chi connectivity index (χ0) is 9.42. The second kappa shape index (κ2) is 3.40. The molecule has 0 spiro atoms. The van der Waals surface area contributed by atoms with Crippen molar-refractivity contribution in [2.45, 2.75) is 13.0 Å². The molecule has 0 radical (unpaired) electrons. The minimum Gasteiger partial charge on any atom is -0.311 e. The highest BCUT2D eigenvalue weighted by Crippen LogP contribution is 2.28. The fourth-order valence-electron chi connectivity index (χ4n) is 1.41. The molecule has 1 aliphatic rings. The van der Waals surface area contributed by atoms with Gasteiger partial charge in [0.2, 0.25) is 0 Å². The Kier molecular flexibility index (Phi) is 2.41. The van der Waals surface area contributed by atoms with Crippen molar-refractivity contribution in [1.82, 2.24) is 10.3 Å². The molecule has 0 bridgehead atoms. The molecule has 0 unspecified atom stereocenters. The van der Waals surface area contributed by atoms with E-state index in [1.54, 1.807) is 0 Å². The molecule has 13 heavy (non-hydrogen) atoms. The lowest BCUT2D eigenvalue weighted by Crippen LogP contribution is -2.25. The number of rotatable bonds is 0. The molecule has 2 rings (SSSR count). The van der Waals surface area contributed by atoms with Gasteiger partial charge in [-0.25, -0.2) is 9.37 Å². The summed E-state index contributed by atoms with van der Waals surface area (Å²) in [6, 6.07) is 0. The fourth-order valence-corrected chi connectivity index (χ4v) is 1.94. The number of fused-ring (bicyclic) bond motifs is 1. The van der Waals surface area contributed by atoms with E-state index in [4.69, 9.17) is 23.2 Å². The summed E-state index contributed by atoms with van der Waals surface area (Å²) in [4.78, 5) is 3.92. The van der Waals surface area contributed by atoms with Gasteiger partial charge in [-0.1, -0.05) is 23.2 Å². The molecule has 1 aliphatic heterocycles. The summed E-state index contributed by atoms with van der Waals surface area (Å²) in [6.07, 6.45) is 0.704. The van der Waals surface area contributed by atoms with Crippen molar-refractivity contribution in [2.75, 3.05) is 6.54 Å². The fraction of sp³-hybridized carbons (Fsp3) is 0.375. The zero-order valence-corrected chi connectivity index (χ0v) is 8.21. The molecule has 0 saturated heterocycles. The van der Waals surface area contributed by atoms with E-state index < -0.39 is 5.82 Å². The molecule has 1 aromatic rings. The van der Waals surface area contributed by atoms with E-state index in [1.165, 1.54) is 0 Å². The lowest BCUT2D eigenvalue weighted by Gasteiger charge is -2.17. The lowest BCUT2D eigenvalue weighted by molar-refractivity contribution is 0.589.